The molecule has 1 fully saturated rings. The first-order chi connectivity index (χ1) is 7.84. The van der Waals surface area contributed by atoms with Crippen LogP contribution in [0, 0.1) is 0 Å². The van der Waals surface area contributed by atoms with Gasteiger partial charge in [0, 0.05) is 6.54 Å². The number of nitrogens with zero attached hydrogens (tertiary/aromatic N) is 1. The van der Waals surface area contributed by atoms with E-state index in [4.69, 9.17) is 14.9 Å². The first-order valence-electron chi connectivity index (χ1n) is 5.38. The van der Waals surface area contributed by atoms with Gasteiger partial charge in [0.25, 0.3) is 0 Å². The molecule has 0 bridgehead atoms. The fraction of sp³-hybridized carbons (Fsp3) is 0.800. The van der Waals surface area contributed by atoms with Crippen LogP contribution in [-0.4, -0.2) is 65.1 Å². The minimum absolute atomic E-state index is 0.304. The fourth-order valence-electron chi connectivity index (χ4n) is 1.60. The molecule has 17 heavy (non-hydrogen) atoms. The number of carbonyl (C=O) groups excluding carboxylic acids is 1. The van der Waals surface area contributed by atoms with Gasteiger partial charge in [-0.15, -0.1) is 0 Å². The molecule has 1 aliphatic heterocycles. The number of hydrogen-bond donors (Lipinski definition) is 3. The highest BCUT2D eigenvalue weighted by molar-refractivity contribution is 5.77. The Morgan fingerprint density at radius 1 is 1.53 bits per heavy atom. The van der Waals surface area contributed by atoms with Crippen LogP contribution in [0.3, 0.4) is 0 Å². The first kappa shape index (κ1) is 13.7. The first-order valence-corrected chi connectivity index (χ1v) is 5.38. The third-order valence-electron chi connectivity index (χ3n) is 2.62. The van der Waals surface area contributed by atoms with E-state index in [1.807, 2.05) is 13.8 Å². The van der Waals surface area contributed by atoms with Crippen LogP contribution in [0.2, 0.25) is 0 Å². The Morgan fingerprint density at radius 3 is 2.71 bits per heavy atom. The molecule has 0 saturated carbocycles. The summed E-state index contributed by atoms with van der Waals surface area (Å²) in [5.74, 6) is -1.36. The number of carbonyl (C=O) groups is 2. The van der Waals surface area contributed by atoms with Gasteiger partial charge >= 0.3 is 12.0 Å². The van der Waals surface area contributed by atoms with E-state index in [1.165, 1.54) is 0 Å². The lowest BCUT2D eigenvalue weighted by atomic mass is 10.0. The van der Waals surface area contributed by atoms with E-state index in [0.717, 1.165) is 0 Å². The van der Waals surface area contributed by atoms with Crippen molar-refractivity contribution in [2.45, 2.75) is 25.5 Å². The number of carboxylic acids is 1. The Bertz CT molecular complexity index is 305. The summed E-state index contributed by atoms with van der Waals surface area (Å²) < 4.78 is 5.26. The summed E-state index contributed by atoms with van der Waals surface area (Å²) in [6.07, 6.45) is -1.58. The second-order valence-electron chi connectivity index (χ2n) is 4.56. The zero-order valence-corrected chi connectivity index (χ0v) is 9.97. The maximum Gasteiger partial charge on any atom is 0.334 e. The number of aliphatic hydroxyl groups excluding tert-OH is 1. The van der Waals surface area contributed by atoms with Crippen LogP contribution in [0.15, 0.2) is 0 Å². The van der Waals surface area contributed by atoms with E-state index >= 15 is 0 Å². The summed E-state index contributed by atoms with van der Waals surface area (Å²) >= 11 is 0. The maximum absolute atomic E-state index is 11.8. The van der Waals surface area contributed by atoms with E-state index in [9.17, 15) is 9.59 Å². The number of aliphatic carboxylic acids is 1. The third-order valence-corrected chi connectivity index (χ3v) is 2.62. The van der Waals surface area contributed by atoms with Gasteiger partial charge in [-0.2, -0.15) is 0 Å². The highest BCUT2D eigenvalue weighted by Crippen LogP contribution is 2.18. The molecule has 2 amide bonds. The van der Waals surface area contributed by atoms with Crippen LogP contribution >= 0.6 is 0 Å². The molecule has 0 aromatic carbocycles. The van der Waals surface area contributed by atoms with Gasteiger partial charge in [-0.1, -0.05) is 0 Å². The van der Waals surface area contributed by atoms with Crippen molar-refractivity contribution in [1.82, 2.24) is 10.2 Å². The van der Waals surface area contributed by atoms with Crippen LogP contribution < -0.4 is 5.32 Å². The van der Waals surface area contributed by atoms with E-state index in [2.05, 4.69) is 5.32 Å². The van der Waals surface area contributed by atoms with Crippen molar-refractivity contribution in [2.75, 3.05) is 26.3 Å². The van der Waals surface area contributed by atoms with Crippen molar-refractivity contribution < 1.29 is 24.5 Å². The molecule has 3 N–H and O–H groups in total. The van der Waals surface area contributed by atoms with Gasteiger partial charge in [-0.25, -0.2) is 9.59 Å². The Kier molecular flexibility index (Phi) is 4.30. The zero-order valence-electron chi connectivity index (χ0n) is 9.97. The molecule has 1 heterocycles. The van der Waals surface area contributed by atoms with Gasteiger partial charge in [0.15, 0.2) is 6.10 Å². The smallest absolute Gasteiger partial charge is 0.334 e. The Labute approximate surface area is 99.4 Å². The second kappa shape index (κ2) is 5.33. The summed E-state index contributed by atoms with van der Waals surface area (Å²) in [4.78, 5) is 23.8. The zero-order chi connectivity index (χ0) is 13.1. The minimum atomic E-state index is -1.58. The van der Waals surface area contributed by atoms with Gasteiger partial charge in [0.2, 0.25) is 0 Å². The molecule has 1 rings (SSSR count). The number of ether oxygens (including phenoxy) is 1. The maximum atomic E-state index is 11.8. The Hall–Kier alpha value is -1.34. The molecule has 7 heteroatoms. The molecule has 0 spiro atoms. The molecular weight excluding hydrogens is 228 g/mol. The molecule has 0 radical (unpaired) electrons. The third kappa shape index (κ3) is 3.57. The van der Waals surface area contributed by atoms with Crippen molar-refractivity contribution >= 4 is 12.0 Å². The van der Waals surface area contributed by atoms with Crippen molar-refractivity contribution in [1.29, 1.82) is 0 Å². The van der Waals surface area contributed by atoms with Gasteiger partial charge in [-0.3, -0.25) is 0 Å². The molecule has 1 aliphatic rings. The van der Waals surface area contributed by atoms with Crippen LogP contribution in [0.4, 0.5) is 4.79 Å². The number of rotatable bonds is 3. The molecular formula is C10H18N2O5. The predicted octanol–water partition coefficient (Wildman–Crippen LogP) is -0.748. The van der Waals surface area contributed by atoms with Crippen molar-refractivity contribution in [2.24, 2.45) is 0 Å². The van der Waals surface area contributed by atoms with E-state index in [1.54, 1.807) is 4.90 Å². The minimum Gasteiger partial charge on any atom is -0.479 e. The summed E-state index contributed by atoms with van der Waals surface area (Å²) in [5.41, 5.74) is -0.434. The number of morpholine rings is 1. The topological polar surface area (TPSA) is 99.1 Å². The van der Waals surface area contributed by atoms with Gasteiger partial charge in [0.05, 0.1) is 25.3 Å². The average Bonchev–Trinajstić information content (AvgIpc) is 2.24. The summed E-state index contributed by atoms with van der Waals surface area (Å²) in [6.45, 7) is 4.75. The van der Waals surface area contributed by atoms with Crippen LogP contribution in [-0.2, 0) is 9.53 Å². The van der Waals surface area contributed by atoms with E-state index in [0.29, 0.717) is 19.8 Å². The summed E-state index contributed by atoms with van der Waals surface area (Å²) in [5, 5.41) is 19.9. The predicted molar refractivity (Wildman–Crippen MR) is 58.6 cm³/mol. The number of urea groups is 1. The number of amides is 2. The van der Waals surface area contributed by atoms with E-state index < -0.39 is 23.6 Å². The molecule has 1 atom stereocenters. The fourth-order valence-corrected chi connectivity index (χ4v) is 1.60. The molecule has 0 aliphatic carbocycles. The normalized spacial score (nSPS) is 20.8. The van der Waals surface area contributed by atoms with Gasteiger partial charge in [0.1, 0.15) is 0 Å². The van der Waals surface area contributed by atoms with Crippen molar-refractivity contribution in [3.05, 3.63) is 0 Å². The molecule has 0 aromatic heterocycles. The van der Waals surface area contributed by atoms with Crippen LogP contribution in [0.25, 0.3) is 0 Å². The molecule has 98 valence electrons. The molecule has 7 nitrogen and oxygen atoms in total. The van der Waals surface area contributed by atoms with Gasteiger partial charge in [-0.05, 0) is 13.8 Å². The number of carboxylic acid groups (broad SMARTS) is 1. The number of nitrogens with one attached hydrogen (secondary N) is 1. The highest BCUT2D eigenvalue weighted by atomic mass is 16.5. The Morgan fingerprint density at radius 2 is 2.18 bits per heavy atom. The molecule has 1 saturated heterocycles. The van der Waals surface area contributed by atoms with Crippen molar-refractivity contribution in [3.63, 3.8) is 0 Å². The quantitative estimate of drug-likeness (QED) is 0.608. The lowest BCUT2D eigenvalue weighted by Gasteiger charge is -2.41. The van der Waals surface area contributed by atoms with Gasteiger partial charge < -0.3 is 25.2 Å². The molecule has 0 unspecified atom stereocenters. The number of hydrogen-bond acceptors (Lipinski definition) is 4. The summed E-state index contributed by atoms with van der Waals surface area (Å²) in [7, 11) is 0. The van der Waals surface area contributed by atoms with E-state index in [-0.39, 0.29) is 6.54 Å². The lowest BCUT2D eigenvalue weighted by Crippen LogP contribution is -2.59. The standard InChI is InChI=1S/C10H18N2O5/c1-10(2)6-17-4-3-12(10)9(16)11-5-7(13)8(14)15/h7,13H,3-6H2,1-2H3,(H,11,16)(H,14,15)/t7-/m0/s1. The summed E-state index contributed by atoms with van der Waals surface area (Å²) in [6, 6.07) is -0.390. The Balaban J connectivity index is 2.49. The second-order valence-corrected chi connectivity index (χ2v) is 4.56. The number of aliphatic hydroxyl groups is 1. The highest BCUT2D eigenvalue weighted by Gasteiger charge is 2.34. The van der Waals surface area contributed by atoms with Crippen molar-refractivity contribution in [3.8, 4) is 0 Å². The SMILES string of the molecule is CC1(C)COCCN1C(=O)NC[C@H](O)C(=O)O. The van der Waals surface area contributed by atoms with Crippen LogP contribution in [0.1, 0.15) is 13.8 Å². The lowest BCUT2D eigenvalue weighted by molar-refractivity contribution is -0.146. The average molecular weight is 246 g/mol. The molecule has 0 aromatic rings. The van der Waals surface area contributed by atoms with Crippen LogP contribution in [0.5, 0.6) is 0 Å². The largest absolute Gasteiger partial charge is 0.479 e. The monoisotopic (exact) mass is 246 g/mol.